The van der Waals surface area contributed by atoms with E-state index in [1.54, 1.807) is 0 Å². The van der Waals surface area contributed by atoms with Crippen LogP contribution in [0.4, 0.5) is 0 Å². The second kappa shape index (κ2) is 6.47. The van der Waals surface area contributed by atoms with E-state index in [0.29, 0.717) is 17.8 Å². The second-order valence-electron chi connectivity index (χ2n) is 3.09. The van der Waals surface area contributed by atoms with E-state index >= 15 is 0 Å². The van der Waals surface area contributed by atoms with E-state index in [4.69, 9.17) is 5.11 Å². The average molecular weight is 229 g/mol. The number of aliphatic hydroxyl groups excluding tert-OH is 1. The van der Waals surface area contributed by atoms with Crippen LogP contribution in [0.1, 0.15) is 35.1 Å². The highest BCUT2D eigenvalue weighted by Crippen LogP contribution is 2.10. The van der Waals surface area contributed by atoms with Gasteiger partial charge in [-0.1, -0.05) is 11.4 Å². The van der Waals surface area contributed by atoms with E-state index in [1.807, 2.05) is 6.92 Å². The van der Waals surface area contributed by atoms with Gasteiger partial charge in [-0.05, 0) is 30.8 Å². The Hall–Kier alpha value is -1.01. The zero-order valence-electron chi connectivity index (χ0n) is 8.69. The second-order valence-corrected chi connectivity index (χ2v) is 3.84. The number of nitrogens with one attached hydrogen (secondary N) is 1. The predicted octanol–water partition coefficient (Wildman–Crippen LogP) is 0.603. The van der Waals surface area contributed by atoms with Crippen LogP contribution in [0.25, 0.3) is 0 Å². The van der Waals surface area contributed by atoms with E-state index in [9.17, 15) is 4.79 Å². The van der Waals surface area contributed by atoms with Crippen LogP contribution >= 0.6 is 11.5 Å². The van der Waals surface area contributed by atoms with Crippen molar-refractivity contribution in [3.63, 3.8) is 0 Å². The lowest BCUT2D eigenvalue weighted by atomic mass is 10.3. The van der Waals surface area contributed by atoms with Crippen molar-refractivity contribution in [1.29, 1.82) is 0 Å². The molecule has 1 rings (SSSR count). The van der Waals surface area contributed by atoms with Gasteiger partial charge >= 0.3 is 0 Å². The molecule has 0 aliphatic heterocycles. The number of carbonyl (C=O) groups excluding carboxylic acids is 1. The number of nitrogens with zero attached hydrogens (tertiary/aromatic N) is 2. The van der Waals surface area contributed by atoms with E-state index < -0.39 is 0 Å². The Morgan fingerprint density at radius 1 is 1.53 bits per heavy atom. The minimum atomic E-state index is -0.111. The van der Waals surface area contributed by atoms with E-state index in [2.05, 4.69) is 14.9 Å². The maximum absolute atomic E-state index is 11.6. The van der Waals surface area contributed by atoms with Gasteiger partial charge in [0.25, 0.3) is 5.91 Å². The average Bonchev–Trinajstić information content (AvgIpc) is 2.72. The molecule has 5 nitrogen and oxygen atoms in total. The monoisotopic (exact) mass is 229 g/mol. The molecule has 2 N–H and O–H groups in total. The first kappa shape index (κ1) is 12.1. The molecule has 6 heteroatoms. The summed E-state index contributed by atoms with van der Waals surface area (Å²) in [7, 11) is 0. The fourth-order valence-electron chi connectivity index (χ4n) is 1.13. The van der Waals surface area contributed by atoms with Gasteiger partial charge in [-0.2, -0.15) is 0 Å². The summed E-state index contributed by atoms with van der Waals surface area (Å²) in [6, 6.07) is 0. The standard InChI is InChI=1S/C9H15N3O2S/c1-2-7-8(15-12-11-7)9(14)10-5-3-4-6-13/h13H,2-6H2,1H3,(H,10,14). The molecule has 0 aromatic carbocycles. The molecule has 84 valence electrons. The van der Waals surface area contributed by atoms with Gasteiger partial charge in [-0.25, -0.2) is 0 Å². The van der Waals surface area contributed by atoms with Crippen molar-refractivity contribution >= 4 is 17.4 Å². The number of hydrogen-bond donors (Lipinski definition) is 2. The third-order valence-corrected chi connectivity index (χ3v) is 2.73. The number of aliphatic hydroxyl groups is 1. The smallest absolute Gasteiger partial charge is 0.264 e. The number of rotatable bonds is 6. The minimum absolute atomic E-state index is 0.111. The molecule has 0 spiro atoms. The Labute approximate surface area is 92.7 Å². The summed E-state index contributed by atoms with van der Waals surface area (Å²) in [6.45, 7) is 2.69. The quantitative estimate of drug-likeness (QED) is 0.701. The molecule has 1 aromatic heterocycles. The molecule has 0 radical (unpaired) electrons. The topological polar surface area (TPSA) is 75.1 Å². The summed E-state index contributed by atoms with van der Waals surface area (Å²) in [5.41, 5.74) is 0.750. The normalized spacial score (nSPS) is 10.3. The molecular weight excluding hydrogens is 214 g/mol. The van der Waals surface area contributed by atoms with Gasteiger partial charge in [0.15, 0.2) is 0 Å². The van der Waals surface area contributed by atoms with Crippen LogP contribution in [0.2, 0.25) is 0 Å². The lowest BCUT2D eigenvalue weighted by Gasteiger charge is -2.02. The summed E-state index contributed by atoms with van der Waals surface area (Å²) in [4.78, 5) is 12.2. The maximum Gasteiger partial charge on any atom is 0.264 e. The largest absolute Gasteiger partial charge is 0.396 e. The highest BCUT2D eigenvalue weighted by Gasteiger charge is 2.13. The third kappa shape index (κ3) is 3.56. The minimum Gasteiger partial charge on any atom is -0.396 e. The van der Waals surface area contributed by atoms with Gasteiger partial charge in [0, 0.05) is 13.2 Å². The SMILES string of the molecule is CCc1nnsc1C(=O)NCCCCO. The van der Waals surface area contributed by atoms with Crippen LogP contribution in [-0.4, -0.2) is 33.8 Å². The maximum atomic E-state index is 11.6. The molecule has 15 heavy (non-hydrogen) atoms. The summed E-state index contributed by atoms with van der Waals surface area (Å²) in [5, 5.41) is 15.2. The van der Waals surface area contributed by atoms with Crippen molar-refractivity contribution in [2.75, 3.05) is 13.2 Å². The molecule has 0 unspecified atom stereocenters. The lowest BCUT2D eigenvalue weighted by molar-refractivity contribution is 0.0955. The number of amides is 1. The molecule has 1 aromatic rings. The lowest BCUT2D eigenvalue weighted by Crippen LogP contribution is -2.24. The van der Waals surface area contributed by atoms with Crippen molar-refractivity contribution in [3.8, 4) is 0 Å². The number of aryl methyl sites for hydroxylation is 1. The highest BCUT2D eigenvalue weighted by molar-refractivity contribution is 7.08. The van der Waals surface area contributed by atoms with Crippen LogP contribution in [0.5, 0.6) is 0 Å². The first-order valence-electron chi connectivity index (χ1n) is 4.99. The summed E-state index contributed by atoms with van der Waals surface area (Å²) < 4.78 is 3.75. The Morgan fingerprint density at radius 3 is 3.00 bits per heavy atom. The number of carbonyl (C=O) groups is 1. The van der Waals surface area contributed by atoms with Gasteiger partial charge in [0.2, 0.25) is 0 Å². The Morgan fingerprint density at radius 2 is 2.33 bits per heavy atom. The molecule has 0 saturated carbocycles. The van der Waals surface area contributed by atoms with Gasteiger partial charge < -0.3 is 10.4 Å². The Balaban J connectivity index is 2.40. The van der Waals surface area contributed by atoms with Crippen molar-refractivity contribution in [2.45, 2.75) is 26.2 Å². The summed E-state index contributed by atoms with van der Waals surface area (Å²) >= 11 is 1.12. The molecule has 1 amide bonds. The fourth-order valence-corrected chi connectivity index (χ4v) is 1.80. The first-order chi connectivity index (χ1) is 7.29. The third-order valence-electron chi connectivity index (χ3n) is 1.97. The predicted molar refractivity (Wildman–Crippen MR) is 57.9 cm³/mol. The molecule has 0 bridgehead atoms. The molecule has 0 atom stereocenters. The van der Waals surface area contributed by atoms with Crippen molar-refractivity contribution in [3.05, 3.63) is 10.6 Å². The van der Waals surface area contributed by atoms with Crippen LogP contribution in [0.15, 0.2) is 0 Å². The number of unbranched alkanes of at least 4 members (excludes halogenated alkanes) is 1. The zero-order chi connectivity index (χ0) is 11.1. The van der Waals surface area contributed by atoms with Crippen LogP contribution in [-0.2, 0) is 6.42 Å². The van der Waals surface area contributed by atoms with Crippen LogP contribution in [0, 0.1) is 0 Å². The van der Waals surface area contributed by atoms with E-state index in [1.165, 1.54) is 0 Å². The molecule has 1 heterocycles. The van der Waals surface area contributed by atoms with Gasteiger partial charge in [-0.3, -0.25) is 4.79 Å². The number of aromatic nitrogens is 2. The first-order valence-corrected chi connectivity index (χ1v) is 5.77. The van der Waals surface area contributed by atoms with Crippen molar-refractivity contribution in [1.82, 2.24) is 14.9 Å². The van der Waals surface area contributed by atoms with Gasteiger partial charge in [-0.15, -0.1) is 5.10 Å². The molecular formula is C9H15N3O2S. The van der Waals surface area contributed by atoms with Crippen LogP contribution < -0.4 is 5.32 Å². The summed E-state index contributed by atoms with van der Waals surface area (Å²) in [5.74, 6) is -0.111. The molecule has 0 aliphatic carbocycles. The molecule has 0 saturated heterocycles. The van der Waals surface area contributed by atoms with Crippen LogP contribution in [0.3, 0.4) is 0 Å². The van der Waals surface area contributed by atoms with E-state index in [-0.39, 0.29) is 12.5 Å². The fraction of sp³-hybridized carbons (Fsp3) is 0.667. The Kier molecular flexibility index (Phi) is 5.20. The molecule has 0 fully saturated rings. The van der Waals surface area contributed by atoms with Crippen molar-refractivity contribution < 1.29 is 9.90 Å². The van der Waals surface area contributed by atoms with Gasteiger partial charge in [0.05, 0.1) is 5.69 Å². The number of hydrogen-bond acceptors (Lipinski definition) is 5. The molecule has 0 aliphatic rings. The summed E-state index contributed by atoms with van der Waals surface area (Å²) in [6.07, 6.45) is 2.22. The Bertz CT molecular complexity index is 314. The van der Waals surface area contributed by atoms with Crippen molar-refractivity contribution in [2.24, 2.45) is 0 Å². The van der Waals surface area contributed by atoms with E-state index in [0.717, 1.165) is 30.1 Å². The zero-order valence-corrected chi connectivity index (χ0v) is 9.51. The highest BCUT2D eigenvalue weighted by atomic mass is 32.1. The van der Waals surface area contributed by atoms with Gasteiger partial charge in [0.1, 0.15) is 4.88 Å².